The van der Waals surface area contributed by atoms with Crippen molar-refractivity contribution in [2.75, 3.05) is 17.7 Å². The predicted molar refractivity (Wildman–Crippen MR) is 77.8 cm³/mol. The van der Waals surface area contributed by atoms with E-state index < -0.39 is 11.9 Å². The Morgan fingerprint density at radius 1 is 1.40 bits per heavy atom. The molecule has 0 saturated carbocycles. The number of pyridine rings is 1. The van der Waals surface area contributed by atoms with Gasteiger partial charge in [-0.05, 0) is 39.0 Å². The standard InChI is InChI=1S/C12H11BrF3N3S/c1-19(5-7-2-11(13)20-6-7)9-3-10(12(14,15)16)18-4-8(9)17/h2-4,6H,5,17H2,1H3. The molecule has 0 amide bonds. The molecule has 2 aromatic heterocycles. The first-order chi connectivity index (χ1) is 9.27. The molecule has 2 aromatic rings. The Balaban J connectivity index is 2.27. The average molecular weight is 366 g/mol. The Bertz CT molecular complexity index is 612. The number of thiophene rings is 1. The zero-order valence-electron chi connectivity index (χ0n) is 10.4. The topological polar surface area (TPSA) is 42.2 Å². The maximum Gasteiger partial charge on any atom is 0.433 e. The molecule has 20 heavy (non-hydrogen) atoms. The second-order valence-corrected chi connectivity index (χ2v) is 6.53. The van der Waals surface area contributed by atoms with Gasteiger partial charge in [0.15, 0.2) is 0 Å². The Kier molecular flexibility index (Phi) is 4.24. The first-order valence-corrected chi connectivity index (χ1v) is 7.21. The maximum atomic E-state index is 12.7. The summed E-state index contributed by atoms with van der Waals surface area (Å²) in [6.07, 6.45) is -3.44. The van der Waals surface area contributed by atoms with E-state index in [-0.39, 0.29) is 5.69 Å². The van der Waals surface area contributed by atoms with Crippen molar-refractivity contribution in [3.63, 3.8) is 0 Å². The van der Waals surface area contributed by atoms with E-state index in [1.54, 1.807) is 11.9 Å². The zero-order chi connectivity index (χ0) is 14.9. The molecule has 0 aliphatic carbocycles. The highest BCUT2D eigenvalue weighted by Crippen LogP contribution is 2.33. The van der Waals surface area contributed by atoms with Gasteiger partial charge in [-0.3, -0.25) is 0 Å². The molecule has 0 fully saturated rings. The van der Waals surface area contributed by atoms with Gasteiger partial charge in [-0.2, -0.15) is 13.2 Å². The van der Waals surface area contributed by atoms with Gasteiger partial charge in [0, 0.05) is 13.6 Å². The van der Waals surface area contributed by atoms with Crippen molar-refractivity contribution in [2.45, 2.75) is 12.7 Å². The molecule has 8 heteroatoms. The minimum Gasteiger partial charge on any atom is -0.396 e. The van der Waals surface area contributed by atoms with Crippen LogP contribution in [0.2, 0.25) is 0 Å². The first-order valence-electron chi connectivity index (χ1n) is 5.54. The molecule has 0 aliphatic heterocycles. The van der Waals surface area contributed by atoms with Gasteiger partial charge in [0.05, 0.1) is 21.4 Å². The van der Waals surface area contributed by atoms with Crippen molar-refractivity contribution in [1.29, 1.82) is 0 Å². The third kappa shape index (κ3) is 3.43. The molecule has 0 spiro atoms. The van der Waals surface area contributed by atoms with E-state index in [2.05, 4.69) is 20.9 Å². The number of anilines is 2. The monoisotopic (exact) mass is 365 g/mol. The number of nitrogen functional groups attached to an aromatic ring is 1. The smallest absolute Gasteiger partial charge is 0.396 e. The lowest BCUT2D eigenvalue weighted by molar-refractivity contribution is -0.141. The van der Waals surface area contributed by atoms with Gasteiger partial charge in [0.25, 0.3) is 0 Å². The SMILES string of the molecule is CN(Cc1csc(Br)c1)c1cc(C(F)(F)F)ncc1N. The summed E-state index contributed by atoms with van der Waals surface area (Å²) in [7, 11) is 1.69. The number of rotatable bonds is 3. The van der Waals surface area contributed by atoms with Crippen LogP contribution >= 0.6 is 27.3 Å². The number of nitrogens with zero attached hydrogens (tertiary/aromatic N) is 2. The summed E-state index contributed by atoms with van der Waals surface area (Å²) in [4.78, 5) is 4.99. The summed E-state index contributed by atoms with van der Waals surface area (Å²) in [5.41, 5.74) is 6.30. The molecule has 0 saturated heterocycles. The van der Waals surface area contributed by atoms with Crippen molar-refractivity contribution in [3.8, 4) is 0 Å². The van der Waals surface area contributed by atoms with E-state index in [0.717, 1.165) is 21.6 Å². The predicted octanol–water partition coefficient (Wildman–Crippen LogP) is 4.14. The highest BCUT2D eigenvalue weighted by molar-refractivity contribution is 9.11. The summed E-state index contributed by atoms with van der Waals surface area (Å²) in [5, 5.41) is 1.93. The molecule has 2 heterocycles. The fourth-order valence-electron chi connectivity index (χ4n) is 1.73. The lowest BCUT2D eigenvalue weighted by Gasteiger charge is -2.21. The maximum absolute atomic E-state index is 12.7. The van der Waals surface area contributed by atoms with E-state index >= 15 is 0 Å². The highest BCUT2D eigenvalue weighted by Gasteiger charge is 2.33. The Morgan fingerprint density at radius 2 is 2.10 bits per heavy atom. The molecular weight excluding hydrogens is 355 g/mol. The number of halogens is 4. The minimum atomic E-state index is -4.48. The number of hydrogen-bond acceptors (Lipinski definition) is 4. The van der Waals surface area contributed by atoms with E-state index in [1.807, 2.05) is 11.4 Å². The highest BCUT2D eigenvalue weighted by atomic mass is 79.9. The second kappa shape index (κ2) is 5.61. The van der Waals surface area contributed by atoms with Crippen LogP contribution in [0.5, 0.6) is 0 Å². The van der Waals surface area contributed by atoms with Gasteiger partial charge in [-0.15, -0.1) is 11.3 Å². The van der Waals surface area contributed by atoms with Crippen LogP contribution in [-0.2, 0) is 12.7 Å². The molecule has 2 rings (SSSR count). The zero-order valence-corrected chi connectivity index (χ0v) is 12.8. The normalized spacial score (nSPS) is 11.7. The Hall–Kier alpha value is -1.28. The summed E-state index contributed by atoms with van der Waals surface area (Å²) in [6.45, 7) is 0.466. The van der Waals surface area contributed by atoms with Crippen LogP contribution in [0.1, 0.15) is 11.3 Å². The molecule has 2 N–H and O–H groups in total. The van der Waals surface area contributed by atoms with E-state index in [0.29, 0.717) is 12.2 Å². The van der Waals surface area contributed by atoms with Crippen LogP contribution in [-0.4, -0.2) is 12.0 Å². The molecule has 0 aromatic carbocycles. The number of hydrogen-bond donors (Lipinski definition) is 1. The third-order valence-electron chi connectivity index (χ3n) is 2.66. The Labute approximate surface area is 126 Å². The summed E-state index contributed by atoms with van der Waals surface area (Å²) in [6, 6.07) is 2.89. The lowest BCUT2D eigenvalue weighted by Crippen LogP contribution is -2.19. The van der Waals surface area contributed by atoms with Crippen molar-refractivity contribution in [1.82, 2.24) is 4.98 Å². The summed E-state index contributed by atoms with van der Waals surface area (Å²) >= 11 is 4.87. The van der Waals surface area contributed by atoms with Crippen LogP contribution < -0.4 is 10.6 Å². The van der Waals surface area contributed by atoms with Gasteiger partial charge in [0.1, 0.15) is 5.69 Å². The molecule has 0 bridgehead atoms. The molecule has 0 radical (unpaired) electrons. The van der Waals surface area contributed by atoms with E-state index in [1.165, 1.54) is 11.3 Å². The molecule has 108 valence electrons. The van der Waals surface area contributed by atoms with Crippen molar-refractivity contribution in [2.24, 2.45) is 0 Å². The molecular formula is C12H11BrF3N3S. The minimum absolute atomic E-state index is 0.217. The van der Waals surface area contributed by atoms with Crippen LogP contribution in [0.4, 0.5) is 24.5 Å². The van der Waals surface area contributed by atoms with Gasteiger partial charge in [0.2, 0.25) is 0 Å². The van der Waals surface area contributed by atoms with Crippen LogP contribution in [0.25, 0.3) is 0 Å². The van der Waals surface area contributed by atoms with Crippen LogP contribution in [0.3, 0.4) is 0 Å². The van der Waals surface area contributed by atoms with Gasteiger partial charge in [-0.1, -0.05) is 0 Å². The lowest BCUT2D eigenvalue weighted by atomic mass is 10.2. The quantitative estimate of drug-likeness (QED) is 0.888. The third-order valence-corrected chi connectivity index (χ3v) is 4.21. The Morgan fingerprint density at radius 3 is 2.65 bits per heavy atom. The summed E-state index contributed by atoms with van der Waals surface area (Å²) < 4.78 is 39.0. The number of nitrogens with two attached hydrogens (primary N) is 1. The first kappa shape index (κ1) is 15.1. The van der Waals surface area contributed by atoms with Gasteiger partial charge < -0.3 is 10.6 Å². The second-order valence-electron chi connectivity index (χ2n) is 4.24. The van der Waals surface area contributed by atoms with Crippen molar-refractivity contribution < 1.29 is 13.2 Å². The average Bonchev–Trinajstić information content (AvgIpc) is 2.73. The number of alkyl halides is 3. The summed E-state index contributed by atoms with van der Waals surface area (Å²) in [5.74, 6) is 0. The van der Waals surface area contributed by atoms with Crippen molar-refractivity contribution in [3.05, 3.63) is 38.8 Å². The van der Waals surface area contributed by atoms with Crippen LogP contribution in [0.15, 0.2) is 27.5 Å². The van der Waals surface area contributed by atoms with Crippen molar-refractivity contribution >= 4 is 38.6 Å². The molecule has 0 unspecified atom stereocenters. The van der Waals surface area contributed by atoms with Crippen LogP contribution in [0, 0.1) is 0 Å². The van der Waals surface area contributed by atoms with Gasteiger partial charge >= 0.3 is 6.18 Å². The fraction of sp³-hybridized carbons (Fsp3) is 0.250. The van der Waals surface area contributed by atoms with E-state index in [9.17, 15) is 13.2 Å². The molecule has 3 nitrogen and oxygen atoms in total. The fourth-order valence-corrected chi connectivity index (χ4v) is 2.93. The van der Waals surface area contributed by atoms with E-state index in [4.69, 9.17) is 5.73 Å². The molecule has 0 aliphatic rings. The molecule has 0 atom stereocenters. The largest absolute Gasteiger partial charge is 0.433 e. The number of aromatic nitrogens is 1. The van der Waals surface area contributed by atoms with Gasteiger partial charge in [-0.25, -0.2) is 4.98 Å².